The molecule has 1 N–H and O–H groups in total. The minimum Gasteiger partial charge on any atom is -0.293 e. The van der Waals surface area contributed by atoms with Crippen LogP contribution in [0.15, 0.2) is 41.2 Å². The fraction of sp³-hybridized carbons (Fsp3) is 0.333. The topological polar surface area (TPSA) is 80.9 Å². The second-order valence-electron chi connectivity index (χ2n) is 7.13. The minimum atomic E-state index is -0.101. The van der Waals surface area contributed by atoms with Gasteiger partial charge in [-0.25, -0.2) is 19.2 Å². The molecule has 1 aromatic carbocycles. The molecular formula is C21H24N6O. The molecule has 7 heteroatoms. The maximum Gasteiger partial charge on any atom is 0.272 e. The quantitative estimate of drug-likeness (QED) is 0.580. The number of benzene rings is 1. The van der Waals surface area contributed by atoms with Gasteiger partial charge >= 0.3 is 0 Å². The highest BCUT2D eigenvalue weighted by molar-refractivity contribution is 5.79. The van der Waals surface area contributed by atoms with E-state index >= 15 is 0 Å². The third kappa shape index (κ3) is 3.13. The van der Waals surface area contributed by atoms with Crippen LogP contribution in [-0.2, 0) is 12.8 Å². The molecule has 1 unspecified atom stereocenters. The van der Waals surface area contributed by atoms with Gasteiger partial charge in [0.25, 0.3) is 5.56 Å². The first kappa shape index (κ1) is 18.2. The van der Waals surface area contributed by atoms with Crippen molar-refractivity contribution in [2.45, 2.75) is 46.6 Å². The lowest BCUT2D eigenvalue weighted by Gasteiger charge is -2.13. The molecule has 28 heavy (non-hydrogen) atoms. The van der Waals surface area contributed by atoms with Crippen LogP contribution in [0.3, 0.4) is 0 Å². The Bertz CT molecular complexity index is 1190. The lowest BCUT2D eigenvalue weighted by Crippen LogP contribution is -2.18. The summed E-state index contributed by atoms with van der Waals surface area (Å²) in [6.45, 7) is 7.96. The summed E-state index contributed by atoms with van der Waals surface area (Å²) in [5.74, 6) is 1.61. The van der Waals surface area contributed by atoms with Crippen LogP contribution in [0.25, 0.3) is 16.8 Å². The molecule has 0 aliphatic heterocycles. The summed E-state index contributed by atoms with van der Waals surface area (Å²) in [5.41, 5.74) is 4.37. The van der Waals surface area contributed by atoms with Crippen molar-refractivity contribution in [2.75, 3.05) is 0 Å². The molecule has 0 saturated heterocycles. The summed E-state index contributed by atoms with van der Waals surface area (Å²) in [6, 6.07) is 11.7. The Morgan fingerprint density at radius 2 is 1.89 bits per heavy atom. The highest BCUT2D eigenvalue weighted by atomic mass is 16.1. The van der Waals surface area contributed by atoms with Crippen LogP contribution in [-0.4, -0.2) is 29.4 Å². The Hall–Kier alpha value is -3.22. The number of aromatic nitrogens is 6. The van der Waals surface area contributed by atoms with E-state index in [4.69, 9.17) is 4.98 Å². The molecule has 4 rings (SSSR count). The van der Waals surface area contributed by atoms with Gasteiger partial charge in [-0.05, 0) is 32.8 Å². The van der Waals surface area contributed by atoms with E-state index < -0.39 is 0 Å². The number of fused-ring (bicyclic) bond motifs is 1. The Kier molecular flexibility index (Phi) is 4.58. The predicted molar refractivity (Wildman–Crippen MR) is 109 cm³/mol. The van der Waals surface area contributed by atoms with E-state index in [0.29, 0.717) is 12.1 Å². The molecule has 0 aliphatic rings. The molecule has 7 nitrogen and oxygen atoms in total. The van der Waals surface area contributed by atoms with Crippen LogP contribution in [0.1, 0.15) is 42.9 Å². The first-order chi connectivity index (χ1) is 13.5. The van der Waals surface area contributed by atoms with Gasteiger partial charge in [-0.3, -0.25) is 9.89 Å². The summed E-state index contributed by atoms with van der Waals surface area (Å²) < 4.78 is 3.44. The SMILES string of the molecule is CCc1[nH]n2c(=O)cc(CC(C)n3nc(C)nc3C)nc2c1-c1ccccc1. The average Bonchev–Trinajstić information content (AvgIpc) is 3.22. The number of nitrogens with one attached hydrogen (secondary N) is 1. The van der Waals surface area contributed by atoms with E-state index in [1.165, 1.54) is 0 Å². The largest absolute Gasteiger partial charge is 0.293 e. The Morgan fingerprint density at radius 3 is 2.54 bits per heavy atom. The van der Waals surface area contributed by atoms with Crippen molar-refractivity contribution < 1.29 is 0 Å². The summed E-state index contributed by atoms with van der Waals surface area (Å²) in [5, 5.41) is 7.68. The van der Waals surface area contributed by atoms with E-state index in [1.54, 1.807) is 10.6 Å². The van der Waals surface area contributed by atoms with Crippen molar-refractivity contribution in [3.63, 3.8) is 0 Å². The number of aromatic amines is 1. The van der Waals surface area contributed by atoms with Crippen LogP contribution >= 0.6 is 0 Å². The van der Waals surface area contributed by atoms with E-state index in [2.05, 4.69) is 29.0 Å². The van der Waals surface area contributed by atoms with Crippen LogP contribution in [0.4, 0.5) is 0 Å². The van der Waals surface area contributed by atoms with Gasteiger partial charge in [0.05, 0.1) is 11.7 Å². The highest BCUT2D eigenvalue weighted by Gasteiger charge is 2.18. The Balaban J connectivity index is 1.81. The van der Waals surface area contributed by atoms with Gasteiger partial charge in [0.2, 0.25) is 0 Å². The van der Waals surface area contributed by atoms with Crippen LogP contribution < -0.4 is 5.56 Å². The second-order valence-corrected chi connectivity index (χ2v) is 7.13. The van der Waals surface area contributed by atoms with Gasteiger partial charge in [0, 0.05) is 23.7 Å². The first-order valence-corrected chi connectivity index (χ1v) is 9.56. The van der Waals surface area contributed by atoms with Crippen LogP contribution in [0.2, 0.25) is 0 Å². The number of aryl methyl sites for hydroxylation is 3. The van der Waals surface area contributed by atoms with Crippen LogP contribution in [0, 0.1) is 13.8 Å². The number of hydrogen-bond acceptors (Lipinski definition) is 4. The van der Waals surface area contributed by atoms with Gasteiger partial charge in [0.1, 0.15) is 11.6 Å². The lowest BCUT2D eigenvalue weighted by molar-refractivity contribution is 0.469. The zero-order valence-electron chi connectivity index (χ0n) is 16.6. The number of rotatable bonds is 5. The molecule has 3 heterocycles. The predicted octanol–water partition coefficient (Wildman–Crippen LogP) is 3.26. The number of hydrogen-bond donors (Lipinski definition) is 1. The molecule has 0 bridgehead atoms. The zero-order chi connectivity index (χ0) is 19.8. The minimum absolute atomic E-state index is 0.0558. The molecule has 0 fully saturated rings. The molecule has 0 amide bonds. The zero-order valence-corrected chi connectivity index (χ0v) is 16.6. The second kappa shape index (κ2) is 7.07. The number of nitrogens with zero attached hydrogens (tertiary/aromatic N) is 5. The molecule has 4 aromatic rings. The molecule has 144 valence electrons. The smallest absolute Gasteiger partial charge is 0.272 e. The van der Waals surface area contributed by atoms with Gasteiger partial charge in [0.15, 0.2) is 5.65 Å². The summed E-state index contributed by atoms with van der Waals surface area (Å²) in [7, 11) is 0. The van der Waals surface area contributed by atoms with Crippen molar-refractivity contribution in [1.82, 2.24) is 29.4 Å². The molecule has 0 radical (unpaired) electrons. The molecule has 0 saturated carbocycles. The Morgan fingerprint density at radius 1 is 1.14 bits per heavy atom. The molecule has 3 aromatic heterocycles. The van der Waals surface area contributed by atoms with E-state index in [0.717, 1.165) is 40.6 Å². The third-order valence-electron chi connectivity index (χ3n) is 4.99. The maximum absolute atomic E-state index is 12.8. The number of H-pyrrole nitrogens is 1. The standard InChI is InChI=1S/C21H24N6O/c1-5-18-20(16-9-7-6-8-10-16)21-23-17(12-19(28)27(21)25-18)11-13(2)26-15(4)22-14(3)24-26/h6-10,12-13,25H,5,11H2,1-4H3. The van der Waals surface area contributed by atoms with E-state index in [1.807, 2.05) is 48.9 Å². The van der Waals surface area contributed by atoms with Crippen molar-refractivity contribution in [1.29, 1.82) is 0 Å². The molecular weight excluding hydrogens is 352 g/mol. The van der Waals surface area contributed by atoms with E-state index in [-0.39, 0.29) is 11.6 Å². The monoisotopic (exact) mass is 376 g/mol. The normalized spacial score (nSPS) is 12.6. The Labute approximate surface area is 163 Å². The average molecular weight is 376 g/mol. The lowest BCUT2D eigenvalue weighted by atomic mass is 10.0. The van der Waals surface area contributed by atoms with Crippen LogP contribution in [0.5, 0.6) is 0 Å². The van der Waals surface area contributed by atoms with Gasteiger partial charge in [-0.15, -0.1) is 0 Å². The summed E-state index contributed by atoms with van der Waals surface area (Å²) >= 11 is 0. The summed E-state index contributed by atoms with van der Waals surface area (Å²) in [6.07, 6.45) is 1.40. The van der Waals surface area contributed by atoms with E-state index in [9.17, 15) is 4.79 Å². The fourth-order valence-electron chi connectivity index (χ4n) is 3.74. The first-order valence-electron chi connectivity index (χ1n) is 9.56. The van der Waals surface area contributed by atoms with Gasteiger partial charge < -0.3 is 0 Å². The van der Waals surface area contributed by atoms with Crippen molar-refractivity contribution >= 4 is 5.65 Å². The molecule has 0 aliphatic carbocycles. The fourth-order valence-corrected chi connectivity index (χ4v) is 3.74. The molecule has 0 spiro atoms. The third-order valence-corrected chi connectivity index (χ3v) is 4.99. The highest BCUT2D eigenvalue weighted by Crippen LogP contribution is 2.27. The molecule has 1 atom stereocenters. The van der Waals surface area contributed by atoms with Crippen molar-refractivity contribution in [2.24, 2.45) is 0 Å². The summed E-state index contributed by atoms with van der Waals surface area (Å²) in [4.78, 5) is 22.0. The van der Waals surface area contributed by atoms with Crippen molar-refractivity contribution in [3.05, 3.63) is 69.8 Å². The maximum atomic E-state index is 12.8. The van der Waals surface area contributed by atoms with Gasteiger partial charge in [-0.2, -0.15) is 5.10 Å². The van der Waals surface area contributed by atoms with Crippen molar-refractivity contribution in [3.8, 4) is 11.1 Å². The van der Waals surface area contributed by atoms with Gasteiger partial charge in [-0.1, -0.05) is 37.3 Å².